The summed E-state index contributed by atoms with van der Waals surface area (Å²) in [5, 5.41) is 3.11. The number of urea groups is 1. The van der Waals surface area contributed by atoms with E-state index in [1.807, 2.05) is 11.8 Å². The molecule has 4 atom stereocenters. The number of nitrogens with one attached hydrogen (secondary N) is 1. The van der Waals surface area contributed by atoms with Crippen molar-refractivity contribution in [1.29, 1.82) is 0 Å². The first-order chi connectivity index (χ1) is 11.0. The number of fused-ring (bicyclic) bond motifs is 3. The molecular weight excluding hydrogens is 290 g/mol. The Morgan fingerprint density at radius 1 is 1.17 bits per heavy atom. The van der Waals surface area contributed by atoms with Gasteiger partial charge in [0.05, 0.1) is 12.6 Å². The van der Waals surface area contributed by atoms with Crippen LogP contribution in [0.1, 0.15) is 40.0 Å². The highest BCUT2D eigenvalue weighted by atomic mass is 16.5. The fourth-order valence-corrected chi connectivity index (χ4v) is 4.55. The summed E-state index contributed by atoms with van der Waals surface area (Å²) >= 11 is 0. The standard InChI is InChI=1S/C18H33N3O2/c1-13(2)11-23-12-14(3)19-18(22)21-9-15-8-20-7-5-4-6-17(20)16(15)10-21/h13-17H,4-12H2,1-3H3,(H,19,22)/t14-,15-,16+,17+/m0/s1. The number of likely N-dealkylation sites (tertiary alicyclic amines) is 1. The predicted molar refractivity (Wildman–Crippen MR) is 91.4 cm³/mol. The maximum absolute atomic E-state index is 12.5. The van der Waals surface area contributed by atoms with Crippen molar-refractivity contribution in [2.45, 2.75) is 52.1 Å². The molecule has 3 heterocycles. The molecule has 3 rings (SSSR count). The van der Waals surface area contributed by atoms with E-state index < -0.39 is 0 Å². The van der Waals surface area contributed by atoms with Crippen molar-refractivity contribution in [3.63, 3.8) is 0 Å². The monoisotopic (exact) mass is 323 g/mol. The number of nitrogens with zero attached hydrogens (tertiary/aromatic N) is 2. The van der Waals surface area contributed by atoms with Crippen LogP contribution in [-0.2, 0) is 4.74 Å². The van der Waals surface area contributed by atoms with E-state index in [1.165, 1.54) is 32.4 Å². The van der Waals surface area contributed by atoms with Crippen LogP contribution >= 0.6 is 0 Å². The van der Waals surface area contributed by atoms with Crippen molar-refractivity contribution in [2.24, 2.45) is 17.8 Å². The van der Waals surface area contributed by atoms with Gasteiger partial charge in [0.25, 0.3) is 0 Å². The third-order valence-corrected chi connectivity index (χ3v) is 5.60. The molecule has 5 nitrogen and oxygen atoms in total. The molecule has 0 radical (unpaired) electrons. The van der Waals surface area contributed by atoms with Gasteiger partial charge in [-0.15, -0.1) is 0 Å². The Hall–Kier alpha value is -0.810. The molecule has 0 aromatic heterocycles. The lowest BCUT2D eigenvalue weighted by Gasteiger charge is -2.33. The van der Waals surface area contributed by atoms with Crippen LogP contribution in [0, 0.1) is 17.8 Å². The Balaban J connectivity index is 1.43. The van der Waals surface area contributed by atoms with Crippen molar-refractivity contribution in [2.75, 3.05) is 39.4 Å². The van der Waals surface area contributed by atoms with Gasteiger partial charge in [-0.25, -0.2) is 4.79 Å². The molecule has 3 aliphatic rings. The highest BCUT2D eigenvalue weighted by Gasteiger charge is 2.48. The maximum Gasteiger partial charge on any atom is 0.317 e. The van der Waals surface area contributed by atoms with E-state index in [1.54, 1.807) is 0 Å². The van der Waals surface area contributed by atoms with Gasteiger partial charge in [0.1, 0.15) is 0 Å². The number of ether oxygens (including phenoxy) is 1. The smallest absolute Gasteiger partial charge is 0.317 e. The van der Waals surface area contributed by atoms with Crippen molar-refractivity contribution in [3.8, 4) is 0 Å². The predicted octanol–water partition coefficient (Wildman–Crippen LogP) is 2.17. The van der Waals surface area contributed by atoms with Gasteiger partial charge in [0.15, 0.2) is 0 Å². The quantitative estimate of drug-likeness (QED) is 0.843. The summed E-state index contributed by atoms with van der Waals surface area (Å²) in [6.07, 6.45) is 4.05. The summed E-state index contributed by atoms with van der Waals surface area (Å²) in [4.78, 5) is 17.2. The van der Waals surface area contributed by atoms with Crippen LogP contribution in [0.15, 0.2) is 0 Å². The van der Waals surface area contributed by atoms with Gasteiger partial charge in [-0.3, -0.25) is 4.90 Å². The number of carbonyl (C=O) groups excluding carboxylic acids is 1. The topological polar surface area (TPSA) is 44.8 Å². The molecule has 0 unspecified atom stereocenters. The molecule has 0 aromatic rings. The molecule has 0 saturated carbocycles. The summed E-state index contributed by atoms with van der Waals surface area (Å²) in [7, 11) is 0. The summed E-state index contributed by atoms with van der Waals surface area (Å²) in [5.74, 6) is 1.93. The summed E-state index contributed by atoms with van der Waals surface area (Å²) in [6, 6.07) is 0.911. The number of rotatable bonds is 5. The van der Waals surface area contributed by atoms with Crippen LogP contribution in [0.5, 0.6) is 0 Å². The summed E-state index contributed by atoms with van der Waals surface area (Å²) in [5.41, 5.74) is 0. The van der Waals surface area contributed by atoms with E-state index in [-0.39, 0.29) is 12.1 Å². The molecule has 1 N–H and O–H groups in total. The number of amides is 2. The Morgan fingerprint density at radius 3 is 2.78 bits per heavy atom. The fraction of sp³-hybridized carbons (Fsp3) is 0.944. The first kappa shape index (κ1) is 17.0. The van der Waals surface area contributed by atoms with E-state index in [9.17, 15) is 4.79 Å². The highest BCUT2D eigenvalue weighted by Crippen LogP contribution is 2.40. The van der Waals surface area contributed by atoms with Gasteiger partial charge in [-0.2, -0.15) is 0 Å². The van der Waals surface area contributed by atoms with Crippen LogP contribution in [-0.4, -0.2) is 67.3 Å². The molecule has 0 spiro atoms. The van der Waals surface area contributed by atoms with Crippen molar-refractivity contribution in [3.05, 3.63) is 0 Å². The second kappa shape index (κ2) is 7.39. The Bertz CT molecular complexity index is 415. The first-order valence-electron chi connectivity index (χ1n) is 9.42. The zero-order valence-corrected chi connectivity index (χ0v) is 15.0. The number of hydrogen-bond donors (Lipinski definition) is 1. The van der Waals surface area contributed by atoms with Gasteiger partial charge < -0.3 is 15.0 Å². The lowest BCUT2D eigenvalue weighted by molar-refractivity contribution is 0.0931. The minimum Gasteiger partial charge on any atom is -0.379 e. The van der Waals surface area contributed by atoms with Crippen LogP contribution < -0.4 is 5.32 Å². The van der Waals surface area contributed by atoms with E-state index >= 15 is 0 Å². The molecule has 132 valence electrons. The second-order valence-corrected chi connectivity index (χ2v) is 8.17. The van der Waals surface area contributed by atoms with Gasteiger partial charge >= 0.3 is 6.03 Å². The molecule has 3 fully saturated rings. The third kappa shape index (κ3) is 4.00. The van der Waals surface area contributed by atoms with Gasteiger partial charge in [-0.05, 0) is 44.1 Å². The molecule has 3 aliphatic heterocycles. The number of carbonyl (C=O) groups is 1. The van der Waals surface area contributed by atoms with Crippen LogP contribution in [0.2, 0.25) is 0 Å². The van der Waals surface area contributed by atoms with E-state index in [0.717, 1.165) is 25.7 Å². The van der Waals surface area contributed by atoms with Gasteiger partial charge in [0.2, 0.25) is 0 Å². The zero-order valence-electron chi connectivity index (χ0n) is 15.0. The molecule has 2 amide bonds. The average Bonchev–Trinajstić information content (AvgIpc) is 3.04. The van der Waals surface area contributed by atoms with Crippen LogP contribution in [0.4, 0.5) is 4.79 Å². The Morgan fingerprint density at radius 2 is 2.00 bits per heavy atom. The lowest BCUT2D eigenvalue weighted by atomic mass is 9.90. The number of piperidine rings is 1. The third-order valence-electron chi connectivity index (χ3n) is 5.60. The maximum atomic E-state index is 12.5. The van der Waals surface area contributed by atoms with Crippen molar-refractivity contribution < 1.29 is 9.53 Å². The second-order valence-electron chi connectivity index (χ2n) is 8.17. The van der Waals surface area contributed by atoms with E-state index in [4.69, 9.17) is 4.74 Å². The molecule has 3 saturated heterocycles. The van der Waals surface area contributed by atoms with E-state index in [0.29, 0.717) is 24.4 Å². The lowest BCUT2D eigenvalue weighted by Crippen LogP contribution is -2.46. The summed E-state index contributed by atoms with van der Waals surface area (Å²) < 4.78 is 5.63. The van der Waals surface area contributed by atoms with Gasteiger partial charge in [-0.1, -0.05) is 20.3 Å². The molecule has 0 aromatic carbocycles. The zero-order chi connectivity index (χ0) is 16.4. The summed E-state index contributed by atoms with van der Waals surface area (Å²) in [6.45, 7) is 12.0. The Kier molecular flexibility index (Phi) is 5.47. The molecule has 5 heteroatoms. The normalized spacial score (nSPS) is 32.0. The van der Waals surface area contributed by atoms with Gasteiger partial charge in [0, 0.05) is 32.3 Å². The fourth-order valence-electron chi connectivity index (χ4n) is 4.55. The van der Waals surface area contributed by atoms with Crippen molar-refractivity contribution in [1.82, 2.24) is 15.1 Å². The highest BCUT2D eigenvalue weighted by molar-refractivity contribution is 5.75. The van der Waals surface area contributed by atoms with Crippen LogP contribution in [0.3, 0.4) is 0 Å². The Labute approximate surface area is 140 Å². The van der Waals surface area contributed by atoms with E-state index in [2.05, 4.69) is 24.1 Å². The SMILES string of the molecule is CC(C)COC[C@H](C)NC(=O)N1C[C@@H]2CN3CCCC[C@@H]3[C@@H]2C1. The molecule has 0 bridgehead atoms. The van der Waals surface area contributed by atoms with Crippen molar-refractivity contribution >= 4 is 6.03 Å². The average molecular weight is 323 g/mol. The molecule has 0 aliphatic carbocycles. The minimum absolute atomic E-state index is 0.0767. The molecular formula is C18H33N3O2. The minimum atomic E-state index is 0.0767. The first-order valence-corrected chi connectivity index (χ1v) is 9.42. The largest absolute Gasteiger partial charge is 0.379 e. The number of hydrogen-bond acceptors (Lipinski definition) is 3. The van der Waals surface area contributed by atoms with Crippen LogP contribution in [0.25, 0.3) is 0 Å². The molecule has 23 heavy (non-hydrogen) atoms.